The van der Waals surface area contributed by atoms with Gasteiger partial charge in [-0.25, -0.2) is 0 Å². The van der Waals surface area contributed by atoms with Gasteiger partial charge in [0.15, 0.2) is 11.5 Å². The van der Waals surface area contributed by atoms with Gasteiger partial charge in [0.25, 0.3) is 5.91 Å². The summed E-state index contributed by atoms with van der Waals surface area (Å²) < 4.78 is 48.7. The summed E-state index contributed by atoms with van der Waals surface area (Å²) in [6, 6.07) is 10.4. The molecule has 2 aliphatic rings. The number of ether oxygens (including phenoxy) is 2. The maximum Gasteiger partial charge on any atom is 0.416 e. The van der Waals surface area contributed by atoms with E-state index >= 15 is 0 Å². The van der Waals surface area contributed by atoms with Crippen molar-refractivity contribution in [2.45, 2.75) is 19.1 Å². The van der Waals surface area contributed by atoms with Crippen molar-refractivity contribution in [1.29, 1.82) is 0 Å². The van der Waals surface area contributed by atoms with Crippen LogP contribution in [0.4, 0.5) is 13.2 Å². The summed E-state index contributed by atoms with van der Waals surface area (Å²) in [5, 5.41) is 0. The van der Waals surface area contributed by atoms with E-state index in [2.05, 4.69) is 4.90 Å². The molecule has 1 fully saturated rings. The first-order valence-electron chi connectivity index (χ1n) is 9.47. The van der Waals surface area contributed by atoms with E-state index in [4.69, 9.17) is 9.47 Å². The predicted octanol–water partition coefficient (Wildman–Crippen LogP) is 3.78. The van der Waals surface area contributed by atoms with E-state index in [9.17, 15) is 18.0 Å². The van der Waals surface area contributed by atoms with Crippen LogP contribution in [0.15, 0.2) is 42.5 Å². The van der Waals surface area contributed by atoms with Crippen LogP contribution >= 0.6 is 0 Å². The van der Waals surface area contributed by atoms with Gasteiger partial charge in [0.05, 0.1) is 5.56 Å². The summed E-state index contributed by atoms with van der Waals surface area (Å²) in [5.74, 6) is 1.16. The highest BCUT2D eigenvalue weighted by Crippen LogP contribution is 2.33. The highest BCUT2D eigenvalue weighted by atomic mass is 19.4. The molecule has 8 heteroatoms. The van der Waals surface area contributed by atoms with E-state index in [-0.39, 0.29) is 12.7 Å². The lowest BCUT2D eigenvalue weighted by Gasteiger charge is -2.22. The monoisotopic (exact) mass is 406 g/mol. The predicted molar refractivity (Wildman–Crippen MR) is 99.8 cm³/mol. The summed E-state index contributed by atoms with van der Waals surface area (Å²) in [4.78, 5) is 16.8. The third-order valence-electron chi connectivity index (χ3n) is 5.18. The Hall–Kier alpha value is -2.74. The molecule has 5 nitrogen and oxygen atoms in total. The number of amides is 1. The van der Waals surface area contributed by atoms with Gasteiger partial charge in [0, 0.05) is 38.3 Å². The maximum absolute atomic E-state index is 12.9. The Morgan fingerprint density at radius 3 is 2.45 bits per heavy atom. The topological polar surface area (TPSA) is 42.0 Å². The molecular weight excluding hydrogens is 385 g/mol. The van der Waals surface area contributed by atoms with Crippen LogP contribution in [0.5, 0.6) is 11.5 Å². The van der Waals surface area contributed by atoms with E-state index < -0.39 is 11.7 Å². The molecule has 2 aromatic rings. The quantitative estimate of drug-likeness (QED) is 0.778. The van der Waals surface area contributed by atoms with Crippen molar-refractivity contribution >= 4 is 5.91 Å². The third-order valence-corrected chi connectivity index (χ3v) is 5.18. The molecule has 0 spiro atoms. The number of hydrogen-bond donors (Lipinski definition) is 0. The van der Waals surface area contributed by atoms with Gasteiger partial charge in [-0.1, -0.05) is 12.1 Å². The molecule has 0 saturated carbocycles. The number of hydrogen-bond acceptors (Lipinski definition) is 4. The summed E-state index contributed by atoms with van der Waals surface area (Å²) in [6.07, 6.45) is -3.52. The molecule has 1 saturated heterocycles. The number of halogens is 3. The summed E-state index contributed by atoms with van der Waals surface area (Å²) in [6.45, 7) is 3.37. The average molecular weight is 406 g/mol. The molecule has 1 amide bonds. The van der Waals surface area contributed by atoms with Crippen LogP contribution in [-0.2, 0) is 12.7 Å². The molecule has 0 radical (unpaired) electrons. The smallest absolute Gasteiger partial charge is 0.416 e. The Kier molecular flexibility index (Phi) is 5.36. The lowest BCUT2D eigenvalue weighted by molar-refractivity contribution is -0.137. The lowest BCUT2D eigenvalue weighted by Crippen LogP contribution is -2.35. The van der Waals surface area contributed by atoms with E-state index in [1.165, 1.54) is 12.1 Å². The number of alkyl halides is 3. The molecule has 0 aromatic heterocycles. The molecule has 2 heterocycles. The fourth-order valence-corrected chi connectivity index (χ4v) is 3.60. The van der Waals surface area contributed by atoms with E-state index in [1.807, 2.05) is 4.90 Å². The molecule has 0 bridgehead atoms. The van der Waals surface area contributed by atoms with Crippen molar-refractivity contribution in [1.82, 2.24) is 9.80 Å². The van der Waals surface area contributed by atoms with Crippen molar-refractivity contribution in [3.63, 3.8) is 0 Å². The van der Waals surface area contributed by atoms with Crippen molar-refractivity contribution in [2.24, 2.45) is 0 Å². The first kappa shape index (κ1) is 19.6. The number of carbonyl (C=O) groups excluding carboxylic acids is 1. The number of fused-ring (bicyclic) bond motifs is 1. The summed E-state index contributed by atoms with van der Waals surface area (Å²) >= 11 is 0. The summed E-state index contributed by atoms with van der Waals surface area (Å²) in [5.41, 5.74) is 0.747. The second-order valence-corrected chi connectivity index (χ2v) is 7.18. The van der Waals surface area contributed by atoms with Crippen molar-refractivity contribution in [2.75, 3.05) is 33.0 Å². The normalized spacial score (nSPS) is 17.3. The minimum absolute atomic E-state index is 0.0559. The SMILES string of the molecule is O=C(c1ccc2c(c1)OCO2)N1CCCN(Cc2ccc(C(F)(F)F)cc2)CC1. The number of benzene rings is 2. The number of rotatable bonds is 3. The molecule has 2 aliphatic heterocycles. The van der Waals surface area contributed by atoms with Crippen LogP contribution in [0.2, 0.25) is 0 Å². The maximum atomic E-state index is 12.9. The second-order valence-electron chi connectivity index (χ2n) is 7.18. The average Bonchev–Trinajstić information content (AvgIpc) is 3.05. The van der Waals surface area contributed by atoms with Crippen LogP contribution in [-0.4, -0.2) is 48.7 Å². The lowest BCUT2D eigenvalue weighted by atomic mass is 10.1. The molecule has 0 N–H and O–H groups in total. The highest BCUT2D eigenvalue weighted by molar-refractivity contribution is 5.95. The molecule has 0 atom stereocenters. The minimum Gasteiger partial charge on any atom is -0.454 e. The Labute approximate surface area is 166 Å². The van der Waals surface area contributed by atoms with Gasteiger partial charge in [-0.15, -0.1) is 0 Å². The van der Waals surface area contributed by atoms with Gasteiger partial charge in [-0.05, 0) is 42.3 Å². The van der Waals surface area contributed by atoms with Crippen LogP contribution in [0.25, 0.3) is 0 Å². The standard InChI is InChI=1S/C21H21F3N2O3/c22-21(23,24)17-5-2-15(3-6-17)13-25-8-1-9-26(11-10-25)20(27)16-4-7-18-19(12-16)29-14-28-18/h2-7,12H,1,8-11,13-14H2. The zero-order valence-electron chi connectivity index (χ0n) is 15.7. The summed E-state index contributed by atoms with van der Waals surface area (Å²) in [7, 11) is 0. The van der Waals surface area contributed by atoms with Crippen LogP contribution in [0.1, 0.15) is 27.9 Å². The van der Waals surface area contributed by atoms with Gasteiger partial charge < -0.3 is 14.4 Å². The molecule has 0 aliphatic carbocycles. The number of carbonyl (C=O) groups is 1. The van der Waals surface area contributed by atoms with E-state index in [0.717, 1.165) is 30.7 Å². The van der Waals surface area contributed by atoms with E-state index in [0.29, 0.717) is 43.2 Å². The van der Waals surface area contributed by atoms with Gasteiger partial charge in [-0.2, -0.15) is 13.2 Å². The molecule has 4 rings (SSSR count). The Morgan fingerprint density at radius 1 is 0.931 bits per heavy atom. The Morgan fingerprint density at radius 2 is 1.69 bits per heavy atom. The highest BCUT2D eigenvalue weighted by Gasteiger charge is 2.30. The van der Waals surface area contributed by atoms with Crippen LogP contribution in [0, 0.1) is 0 Å². The largest absolute Gasteiger partial charge is 0.454 e. The van der Waals surface area contributed by atoms with Crippen molar-refractivity contribution in [3.8, 4) is 11.5 Å². The first-order valence-corrected chi connectivity index (χ1v) is 9.47. The fourth-order valence-electron chi connectivity index (χ4n) is 3.60. The minimum atomic E-state index is -4.32. The number of nitrogens with zero attached hydrogens (tertiary/aromatic N) is 2. The van der Waals surface area contributed by atoms with Crippen LogP contribution in [0.3, 0.4) is 0 Å². The van der Waals surface area contributed by atoms with Crippen LogP contribution < -0.4 is 9.47 Å². The molecular formula is C21H21F3N2O3. The van der Waals surface area contributed by atoms with Gasteiger partial charge in [0.1, 0.15) is 0 Å². The second kappa shape index (κ2) is 7.94. The zero-order chi connectivity index (χ0) is 20.4. The molecule has 0 unspecified atom stereocenters. The van der Waals surface area contributed by atoms with E-state index in [1.54, 1.807) is 18.2 Å². The third kappa shape index (κ3) is 4.48. The van der Waals surface area contributed by atoms with Crippen molar-refractivity contribution in [3.05, 3.63) is 59.2 Å². The molecule has 2 aromatic carbocycles. The first-order chi connectivity index (χ1) is 13.9. The fraction of sp³-hybridized carbons (Fsp3) is 0.381. The van der Waals surface area contributed by atoms with Crippen molar-refractivity contribution < 1.29 is 27.4 Å². The zero-order valence-corrected chi connectivity index (χ0v) is 15.7. The molecule has 29 heavy (non-hydrogen) atoms. The van der Waals surface area contributed by atoms with Gasteiger partial charge in [-0.3, -0.25) is 9.69 Å². The Bertz CT molecular complexity index is 884. The molecule has 154 valence electrons. The Balaban J connectivity index is 1.36. The van der Waals surface area contributed by atoms with Gasteiger partial charge >= 0.3 is 6.18 Å². The van der Waals surface area contributed by atoms with Gasteiger partial charge in [0.2, 0.25) is 6.79 Å².